The summed E-state index contributed by atoms with van der Waals surface area (Å²) in [5, 5.41) is 7.26. The van der Waals surface area contributed by atoms with E-state index in [1.807, 2.05) is 23.5 Å². The summed E-state index contributed by atoms with van der Waals surface area (Å²) in [7, 11) is 0. The number of furan rings is 1. The Balaban J connectivity index is 1.02. The van der Waals surface area contributed by atoms with Crippen LogP contribution >= 0.6 is 11.3 Å². The maximum Gasteiger partial charge on any atom is 0.136 e. The molecule has 10 aromatic carbocycles. The summed E-state index contributed by atoms with van der Waals surface area (Å²) in [5.74, 6) is 0. The molecular weight excluding hydrogens is 759 g/mol. The first-order chi connectivity index (χ1) is 30.2. The maximum absolute atomic E-state index is 6.25. The molecule has 0 N–H and O–H groups in total. The number of hydrogen-bond donors (Lipinski definition) is 0. The van der Waals surface area contributed by atoms with Gasteiger partial charge in [-0.15, -0.1) is 11.3 Å². The summed E-state index contributed by atoms with van der Waals surface area (Å²) in [6, 6.07) is 81.4. The average Bonchev–Trinajstić information content (AvgIpc) is 3.92. The lowest BCUT2D eigenvalue weighted by atomic mass is 9.94. The van der Waals surface area contributed by atoms with Gasteiger partial charge < -0.3 is 9.32 Å². The third-order valence-corrected chi connectivity index (χ3v) is 13.2. The smallest absolute Gasteiger partial charge is 0.136 e. The molecule has 0 aliphatic rings. The van der Waals surface area contributed by atoms with E-state index in [1.54, 1.807) is 0 Å². The number of para-hydroxylation sites is 1. The Morgan fingerprint density at radius 2 is 0.869 bits per heavy atom. The second kappa shape index (κ2) is 14.5. The monoisotopic (exact) mass is 795 g/mol. The van der Waals surface area contributed by atoms with Crippen molar-refractivity contribution >= 4 is 81.3 Å². The zero-order chi connectivity index (χ0) is 40.3. The molecule has 0 aliphatic carbocycles. The summed E-state index contributed by atoms with van der Waals surface area (Å²) >= 11 is 1.85. The van der Waals surface area contributed by atoms with Gasteiger partial charge >= 0.3 is 0 Å². The van der Waals surface area contributed by atoms with Gasteiger partial charge in [0.1, 0.15) is 11.2 Å². The molecule has 0 unspecified atom stereocenters. The first-order valence-corrected chi connectivity index (χ1v) is 21.5. The lowest BCUT2D eigenvalue weighted by Crippen LogP contribution is -2.10. The zero-order valence-corrected chi connectivity index (χ0v) is 33.9. The summed E-state index contributed by atoms with van der Waals surface area (Å²) in [5.41, 5.74) is 14.6. The number of fused-ring (bicyclic) bond motifs is 8. The van der Waals surface area contributed by atoms with E-state index in [2.05, 4.69) is 217 Å². The first-order valence-electron chi connectivity index (χ1n) is 20.7. The normalized spacial score (nSPS) is 11.6. The SMILES string of the molecule is c1ccc(-c2ccc(N(c3cc(-c4ccccc4)cc(-c4ccc(-c5ccc6ccc7oc8ccccc8c7c6c5)cc4)c3)c3cccc4sc5ccccc5c34)cc2)cc1. The van der Waals surface area contributed by atoms with E-state index < -0.39 is 0 Å². The van der Waals surface area contributed by atoms with E-state index >= 15 is 0 Å². The van der Waals surface area contributed by atoms with E-state index in [9.17, 15) is 0 Å². The highest BCUT2D eigenvalue weighted by Gasteiger charge is 2.21. The van der Waals surface area contributed by atoms with E-state index in [0.29, 0.717) is 0 Å². The largest absolute Gasteiger partial charge is 0.456 e. The molecular formula is C58H37NOS. The van der Waals surface area contributed by atoms with Gasteiger partial charge in [-0.2, -0.15) is 0 Å². The third-order valence-electron chi connectivity index (χ3n) is 12.0. The van der Waals surface area contributed by atoms with E-state index in [1.165, 1.54) is 64.1 Å². The van der Waals surface area contributed by atoms with Crippen molar-refractivity contribution < 1.29 is 4.42 Å². The second-order valence-electron chi connectivity index (χ2n) is 15.7. The fraction of sp³-hybridized carbons (Fsp3) is 0. The van der Waals surface area contributed by atoms with Gasteiger partial charge in [-0.3, -0.25) is 0 Å². The van der Waals surface area contributed by atoms with Gasteiger partial charge in [0.15, 0.2) is 0 Å². The first kappa shape index (κ1) is 35.2. The van der Waals surface area contributed by atoms with Crippen LogP contribution < -0.4 is 4.90 Å². The molecule has 0 spiro atoms. The van der Waals surface area contributed by atoms with Crippen LogP contribution in [0.5, 0.6) is 0 Å². The molecule has 0 aliphatic heterocycles. The minimum Gasteiger partial charge on any atom is -0.456 e. The summed E-state index contributed by atoms with van der Waals surface area (Å²) in [6.45, 7) is 0. The molecule has 12 rings (SSSR count). The van der Waals surface area contributed by atoms with Crippen molar-refractivity contribution in [1.82, 2.24) is 0 Å². The van der Waals surface area contributed by atoms with Crippen molar-refractivity contribution in [2.75, 3.05) is 4.90 Å². The molecule has 0 fully saturated rings. The highest BCUT2D eigenvalue weighted by molar-refractivity contribution is 7.26. The molecule has 2 heterocycles. The van der Waals surface area contributed by atoms with Crippen LogP contribution in [0.3, 0.4) is 0 Å². The Bertz CT molecular complexity index is 3570. The van der Waals surface area contributed by atoms with Crippen molar-refractivity contribution in [2.24, 2.45) is 0 Å². The van der Waals surface area contributed by atoms with Gasteiger partial charge in [0, 0.05) is 42.3 Å². The zero-order valence-electron chi connectivity index (χ0n) is 33.1. The fourth-order valence-corrected chi connectivity index (χ4v) is 10.2. The Morgan fingerprint density at radius 1 is 0.311 bits per heavy atom. The molecule has 2 nitrogen and oxygen atoms in total. The summed E-state index contributed by atoms with van der Waals surface area (Å²) in [4.78, 5) is 2.45. The predicted octanol–water partition coefficient (Wildman–Crippen LogP) is 17.2. The Hall–Kier alpha value is -7.72. The molecule has 0 atom stereocenters. The molecule has 12 aromatic rings. The maximum atomic E-state index is 6.25. The molecule has 0 saturated carbocycles. The van der Waals surface area contributed by atoms with Gasteiger partial charge in [-0.05, 0) is 122 Å². The van der Waals surface area contributed by atoms with Crippen LogP contribution in [0.15, 0.2) is 229 Å². The van der Waals surface area contributed by atoms with E-state index in [4.69, 9.17) is 4.42 Å². The van der Waals surface area contributed by atoms with E-state index in [0.717, 1.165) is 50.3 Å². The molecule has 2 aromatic heterocycles. The Labute approximate surface area is 357 Å². The van der Waals surface area contributed by atoms with Gasteiger partial charge in [-0.1, -0.05) is 158 Å². The fourth-order valence-electron chi connectivity index (χ4n) is 9.09. The molecule has 0 saturated heterocycles. The molecule has 0 amide bonds. The number of nitrogens with zero attached hydrogens (tertiary/aromatic N) is 1. The number of rotatable bonds is 7. The quantitative estimate of drug-likeness (QED) is 0.160. The Kier molecular flexibility index (Phi) is 8.39. The highest BCUT2D eigenvalue weighted by atomic mass is 32.1. The predicted molar refractivity (Wildman–Crippen MR) is 261 cm³/mol. The van der Waals surface area contributed by atoms with Crippen LogP contribution in [0.4, 0.5) is 17.1 Å². The third kappa shape index (κ3) is 6.18. The van der Waals surface area contributed by atoms with Crippen LogP contribution in [-0.4, -0.2) is 0 Å². The summed E-state index contributed by atoms with van der Waals surface area (Å²) < 4.78 is 8.81. The topological polar surface area (TPSA) is 16.4 Å². The van der Waals surface area contributed by atoms with Crippen molar-refractivity contribution in [3.8, 4) is 44.5 Å². The minimum atomic E-state index is 0.917. The molecule has 3 heteroatoms. The van der Waals surface area contributed by atoms with Gasteiger partial charge in [-0.25, -0.2) is 0 Å². The summed E-state index contributed by atoms with van der Waals surface area (Å²) in [6.07, 6.45) is 0. The Morgan fingerprint density at radius 3 is 1.62 bits per heavy atom. The van der Waals surface area contributed by atoms with Crippen molar-refractivity contribution in [2.45, 2.75) is 0 Å². The van der Waals surface area contributed by atoms with Gasteiger partial charge in [0.05, 0.1) is 5.69 Å². The lowest BCUT2D eigenvalue weighted by Gasteiger charge is -2.28. The van der Waals surface area contributed by atoms with Gasteiger partial charge in [0.2, 0.25) is 0 Å². The van der Waals surface area contributed by atoms with Crippen LogP contribution in [0.1, 0.15) is 0 Å². The molecule has 0 bridgehead atoms. The molecule has 61 heavy (non-hydrogen) atoms. The van der Waals surface area contributed by atoms with Crippen LogP contribution in [-0.2, 0) is 0 Å². The minimum absolute atomic E-state index is 0.917. The second-order valence-corrected chi connectivity index (χ2v) is 16.8. The number of thiophene rings is 1. The van der Waals surface area contributed by atoms with Crippen LogP contribution in [0.25, 0.3) is 97.4 Å². The van der Waals surface area contributed by atoms with Crippen molar-refractivity contribution in [3.05, 3.63) is 224 Å². The number of hydrogen-bond acceptors (Lipinski definition) is 3. The van der Waals surface area contributed by atoms with Crippen LogP contribution in [0, 0.1) is 0 Å². The lowest BCUT2D eigenvalue weighted by molar-refractivity contribution is 0.669. The average molecular weight is 796 g/mol. The van der Waals surface area contributed by atoms with Crippen LogP contribution in [0.2, 0.25) is 0 Å². The standard InChI is InChI=1S/C58H37NOS/c1-3-12-38(13-4-1)40-28-31-47(32-29-40)59(52-18-11-21-56-58(52)50-17-8-10-20-55(50)61-56)48-35-45(39-14-5-2-6-15-39)34-46(36-48)42-24-22-41(23-25-42)44-27-26-43-30-33-54-57(51(43)37-44)49-16-7-9-19-53(49)60-54/h1-37H. The molecule has 286 valence electrons. The number of anilines is 3. The van der Waals surface area contributed by atoms with Crippen molar-refractivity contribution in [1.29, 1.82) is 0 Å². The highest BCUT2D eigenvalue weighted by Crippen LogP contribution is 2.47. The van der Waals surface area contributed by atoms with Crippen molar-refractivity contribution in [3.63, 3.8) is 0 Å². The number of benzene rings is 10. The van der Waals surface area contributed by atoms with E-state index in [-0.39, 0.29) is 0 Å². The van der Waals surface area contributed by atoms with Gasteiger partial charge in [0.25, 0.3) is 0 Å². The molecule has 0 radical (unpaired) electrons.